The maximum absolute atomic E-state index is 13.2. The van der Waals surface area contributed by atoms with Crippen LogP contribution >= 0.6 is 35.0 Å². The molecule has 1 unspecified atom stereocenters. The number of halogens is 2. The second-order valence-electron chi connectivity index (χ2n) is 7.82. The minimum atomic E-state index is -0.568. The van der Waals surface area contributed by atoms with Crippen molar-refractivity contribution in [2.24, 2.45) is 0 Å². The zero-order chi connectivity index (χ0) is 23.0. The van der Waals surface area contributed by atoms with Crippen molar-refractivity contribution >= 4 is 46.8 Å². The number of carbonyl (C=O) groups is 2. The van der Waals surface area contributed by atoms with Crippen molar-refractivity contribution < 1.29 is 9.59 Å². The molecule has 0 heterocycles. The molecule has 0 aliphatic rings. The molecule has 0 saturated heterocycles. The van der Waals surface area contributed by atoms with Gasteiger partial charge in [0, 0.05) is 28.4 Å². The van der Waals surface area contributed by atoms with Crippen molar-refractivity contribution in [3.63, 3.8) is 0 Å². The molecule has 0 bridgehead atoms. The third-order valence-corrected chi connectivity index (χ3v) is 6.36. The highest BCUT2D eigenvalue weighted by atomic mass is 35.5. The molecule has 7 heteroatoms. The van der Waals surface area contributed by atoms with Crippen LogP contribution in [0.15, 0.2) is 42.5 Å². The maximum Gasteiger partial charge on any atom is 0.243 e. The summed E-state index contributed by atoms with van der Waals surface area (Å²) in [5.74, 6) is 0.773. The number of thioether (sulfide) groups is 1. The summed E-state index contributed by atoms with van der Waals surface area (Å²) in [5.41, 5.74) is 3.14. The summed E-state index contributed by atoms with van der Waals surface area (Å²) in [7, 11) is 0. The lowest BCUT2D eigenvalue weighted by molar-refractivity contribution is -0.139. The van der Waals surface area contributed by atoms with E-state index in [1.807, 2.05) is 27.7 Å². The molecule has 2 rings (SSSR count). The van der Waals surface area contributed by atoms with Crippen molar-refractivity contribution in [3.05, 3.63) is 69.2 Å². The predicted octanol–water partition coefficient (Wildman–Crippen LogP) is 5.87. The first-order valence-electron chi connectivity index (χ1n) is 10.4. The van der Waals surface area contributed by atoms with E-state index in [1.54, 1.807) is 34.9 Å². The lowest BCUT2D eigenvalue weighted by Gasteiger charge is -2.31. The maximum atomic E-state index is 13.2. The number of aryl methyl sites for hydroxylation is 1. The van der Waals surface area contributed by atoms with Crippen LogP contribution < -0.4 is 5.32 Å². The quantitative estimate of drug-likeness (QED) is 0.462. The van der Waals surface area contributed by atoms with Gasteiger partial charge in [0.25, 0.3) is 0 Å². The Labute approximate surface area is 199 Å². The first-order valence-corrected chi connectivity index (χ1v) is 12.3. The van der Waals surface area contributed by atoms with Crippen molar-refractivity contribution in [2.75, 3.05) is 5.75 Å². The molecule has 0 spiro atoms. The summed E-state index contributed by atoms with van der Waals surface area (Å²) in [6.45, 7) is 8.03. The number of rotatable bonds is 10. The molecule has 4 nitrogen and oxygen atoms in total. The number of nitrogens with zero attached hydrogens (tertiary/aromatic N) is 1. The van der Waals surface area contributed by atoms with Gasteiger partial charge < -0.3 is 10.2 Å². The number of hydrogen-bond donors (Lipinski definition) is 1. The SMILES string of the molecule is CCC(C(=O)NC(C)C)N(Cc1ccc(Cl)cc1Cl)C(=O)CSCc1ccc(C)cc1. The molecule has 0 radical (unpaired) electrons. The Kier molecular flexibility index (Phi) is 10.2. The Morgan fingerprint density at radius 1 is 1.10 bits per heavy atom. The predicted molar refractivity (Wildman–Crippen MR) is 132 cm³/mol. The van der Waals surface area contributed by atoms with E-state index < -0.39 is 6.04 Å². The standard InChI is InChI=1S/C24H30Cl2N2O2S/c1-5-22(24(30)27-16(2)3)28(13-19-10-11-20(25)12-21(19)26)23(29)15-31-14-18-8-6-17(4)7-9-18/h6-12,16,22H,5,13-15H2,1-4H3,(H,27,30). The molecular weight excluding hydrogens is 451 g/mol. The Morgan fingerprint density at radius 2 is 1.77 bits per heavy atom. The van der Waals surface area contributed by atoms with Gasteiger partial charge in [0.1, 0.15) is 6.04 Å². The highest BCUT2D eigenvalue weighted by Gasteiger charge is 2.29. The molecule has 0 saturated carbocycles. The molecule has 0 fully saturated rings. The van der Waals surface area contributed by atoms with Gasteiger partial charge in [-0.3, -0.25) is 9.59 Å². The fraction of sp³-hybridized carbons (Fsp3) is 0.417. The summed E-state index contributed by atoms with van der Waals surface area (Å²) in [6.07, 6.45) is 0.512. The lowest BCUT2D eigenvalue weighted by Crippen LogP contribution is -2.51. The van der Waals surface area contributed by atoms with E-state index >= 15 is 0 Å². The van der Waals surface area contributed by atoms with E-state index in [1.165, 1.54) is 11.1 Å². The second kappa shape index (κ2) is 12.4. The molecule has 0 aliphatic carbocycles. The Bertz CT molecular complexity index is 888. The fourth-order valence-corrected chi connectivity index (χ4v) is 4.50. The molecule has 0 aliphatic heterocycles. The Hall–Kier alpha value is -1.69. The molecule has 2 amide bonds. The van der Waals surface area contributed by atoms with Gasteiger partial charge in [0.2, 0.25) is 11.8 Å². The van der Waals surface area contributed by atoms with Crippen LogP contribution in [0.3, 0.4) is 0 Å². The van der Waals surface area contributed by atoms with Gasteiger partial charge in [0.15, 0.2) is 0 Å². The van der Waals surface area contributed by atoms with Crippen LogP contribution in [0.1, 0.15) is 43.9 Å². The van der Waals surface area contributed by atoms with E-state index in [0.29, 0.717) is 16.5 Å². The zero-order valence-corrected chi connectivity index (χ0v) is 20.8. The molecule has 2 aromatic carbocycles. The van der Waals surface area contributed by atoms with Crippen molar-refractivity contribution in [1.29, 1.82) is 0 Å². The van der Waals surface area contributed by atoms with Crippen LogP contribution in [0.5, 0.6) is 0 Å². The Balaban J connectivity index is 2.16. The highest BCUT2D eigenvalue weighted by molar-refractivity contribution is 7.99. The lowest BCUT2D eigenvalue weighted by atomic mass is 10.1. The van der Waals surface area contributed by atoms with Gasteiger partial charge in [-0.1, -0.05) is 66.0 Å². The smallest absolute Gasteiger partial charge is 0.243 e. The number of hydrogen-bond acceptors (Lipinski definition) is 3. The van der Waals surface area contributed by atoms with Crippen molar-refractivity contribution in [3.8, 4) is 0 Å². The van der Waals surface area contributed by atoms with Gasteiger partial charge in [-0.15, -0.1) is 11.8 Å². The minimum Gasteiger partial charge on any atom is -0.352 e. The zero-order valence-electron chi connectivity index (χ0n) is 18.5. The number of amides is 2. The van der Waals surface area contributed by atoms with E-state index in [4.69, 9.17) is 23.2 Å². The van der Waals surface area contributed by atoms with Gasteiger partial charge in [-0.05, 0) is 50.5 Å². The van der Waals surface area contributed by atoms with Crippen molar-refractivity contribution in [1.82, 2.24) is 10.2 Å². The van der Waals surface area contributed by atoms with Gasteiger partial charge in [0.05, 0.1) is 5.75 Å². The average molecular weight is 481 g/mol. The minimum absolute atomic E-state index is 0.00599. The fourth-order valence-electron chi connectivity index (χ4n) is 3.16. The van der Waals surface area contributed by atoms with E-state index in [-0.39, 0.29) is 30.2 Å². The van der Waals surface area contributed by atoms with Crippen LogP contribution in [-0.2, 0) is 21.9 Å². The molecule has 31 heavy (non-hydrogen) atoms. The monoisotopic (exact) mass is 480 g/mol. The summed E-state index contributed by atoms with van der Waals surface area (Å²) in [6, 6.07) is 12.9. The number of nitrogens with one attached hydrogen (secondary N) is 1. The molecule has 0 aromatic heterocycles. The van der Waals surface area contributed by atoms with Crippen LogP contribution in [0.25, 0.3) is 0 Å². The van der Waals surface area contributed by atoms with E-state index in [0.717, 1.165) is 11.3 Å². The largest absolute Gasteiger partial charge is 0.352 e. The topological polar surface area (TPSA) is 49.4 Å². The molecule has 1 N–H and O–H groups in total. The number of benzene rings is 2. The first kappa shape index (κ1) is 25.6. The molecular formula is C24H30Cl2N2O2S. The first-order chi connectivity index (χ1) is 14.7. The van der Waals surface area contributed by atoms with Crippen LogP contribution in [0.2, 0.25) is 10.0 Å². The summed E-state index contributed by atoms with van der Waals surface area (Å²) in [5, 5.41) is 3.95. The number of carbonyl (C=O) groups excluding carboxylic acids is 2. The van der Waals surface area contributed by atoms with E-state index in [9.17, 15) is 9.59 Å². The molecule has 168 valence electrons. The second-order valence-corrected chi connectivity index (χ2v) is 9.65. The van der Waals surface area contributed by atoms with Gasteiger partial charge in [-0.2, -0.15) is 0 Å². The highest BCUT2D eigenvalue weighted by Crippen LogP contribution is 2.24. The van der Waals surface area contributed by atoms with Crippen LogP contribution in [0.4, 0.5) is 0 Å². The Morgan fingerprint density at radius 3 is 2.35 bits per heavy atom. The third-order valence-electron chi connectivity index (χ3n) is 4.79. The average Bonchev–Trinajstić information content (AvgIpc) is 2.70. The summed E-state index contributed by atoms with van der Waals surface area (Å²) < 4.78 is 0. The summed E-state index contributed by atoms with van der Waals surface area (Å²) >= 11 is 13.9. The summed E-state index contributed by atoms with van der Waals surface area (Å²) in [4.78, 5) is 27.7. The van der Waals surface area contributed by atoms with E-state index in [2.05, 4.69) is 29.6 Å². The van der Waals surface area contributed by atoms with Gasteiger partial charge >= 0.3 is 0 Å². The third kappa shape index (κ3) is 8.06. The van der Waals surface area contributed by atoms with Crippen molar-refractivity contribution in [2.45, 2.75) is 58.5 Å². The van der Waals surface area contributed by atoms with Crippen LogP contribution in [0, 0.1) is 6.92 Å². The molecule has 1 atom stereocenters. The normalized spacial score (nSPS) is 12.0. The van der Waals surface area contributed by atoms with Gasteiger partial charge in [-0.25, -0.2) is 0 Å². The van der Waals surface area contributed by atoms with Crippen LogP contribution in [-0.4, -0.2) is 34.6 Å². The molecule has 2 aromatic rings.